The summed E-state index contributed by atoms with van der Waals surface area (Å²) in [4.78, 5) is 11.9. The molecule has 2 aliphatic rings. The van der Waals surface area contributed by atoms with Crippen LogP contribution in [0.5, 0.6) is 0 Å². The highest BCUT2D eigenvalue weighted by molar-refractivity contribution is 7.91. The van der Waals surface area contributed by atoms with Gasteiger partial charge in [0.25, 0.3) is 0 Å². The van der Waals surface area contributed by atoms with Crippen LogP contribution in [0, 0.1) is 0 Å². The zero-order valence-corrected chi connectivity index (χ0v) is 11.8. The van der Waals surface area contributed by atoms with Crippen molar-refractivity contribution >= 4 is 15.7 Å². The maximum Gasteiger partial charge on any atom is 0.221 e. The summed E-state index contributed by atoms with van der Waals surface area (Å²) in [7, 11) is -3.01. The first-order chi connectivity index (χ1) is 8.96. The van der Waals surface area contributed by atoms with Crippen LogP contribution in [0.4, 0.5) is 0 Å². The highest BCUT2D eigenvalue weighted by Gasteiger charge is 2.28. The molecule has 1 aliphatic carbocycles. The number of amides is 1. The molecule has 1 aliphatic heterocycles. The van der Waals surface area contributed by atoms with E-state index in [0.29, 0.717) is 6.54 Å². The SMILES string of the molecule is O=C(CC1CS(=O)(=O)CCN1)N[C@@H]1CCCC[C@H]1O. The molecule has 1 saturated carbocycles. The van der Waals surface area contributed by atoms with Gasteiger partial charge >= 0.3 is 0 Å². The van der Waals surface area contributed by atoms with E-state index in [0.717, 1.165) is 25.7 Å². The summed E-state index contributed by atoms with van der Waals surface area (Å²) in [6.07, 6.45) is 3.21. The molecule has 0 aromatic carbocycles. The predicted octanol–water partition coefficient (Wildman–Crippen LogP) is -0.817. The van der Waals surface area contributed by atoms with Gasteiger partial charge in [0.05, 0.1) is 23.7 Å². The molecule has 1 heterocycles. The molecule has 1 unspecified atom stereocenters. The second-order valence-corrected chi connectivity index (χ2v) is 7.72. The van der Waals surface area contributed by atoms with Crippen LogP contribution >= 0.6 is 0 Å². The molecule has 0 radical (unpaired) electrons. The van der Waals surface area contributed by atoms with Crippen molar-refractivity contribution in [2.45, 2.75) is 50.3 Å². The Bertz CT molecular complexity index is 423. The van der Waals surface area contributed by atoms with Crippen molar-refractivity contribution in [1.82, 2.24) is 10.6 Å². The molecule has 0 bridgehead atoms. The Hall–Kier alpha value is -0.660. The van der Waals surface area contributed by atoms with Gasteiger partial charge in [-0.05, 0) is 12.8 Å². The van der Waals surface area contributed by atoms with Crippen LogP contribution in [0.15, 0.2) is 0 Å². The van der Waals surface area contributed by atoms with Crippen molar-refractivity contribution in [3.8, 4) is 0 Å². The van der Waals surface area contributed by atoms with Gasteiger partial charge < -0.3 is 15.7 Å². The number of carbonyl (C=O) groups is 1. The smallest absolute Gasteiger partial charge is 0.221 e. The van der Waals surface area contributed by atoms with Crippen molar-refractivity contribution in [3.63, 3.8) is 0 Å². The van der Waals surface area contributed by atoms with Gasteiger partial charge in [0.15, 0.2) is 9.84 Å². The van der Waals surface area contributed by atoms with E-state index in [1.54, 1.807) is 0 Å². The number of hydrogen-bond donors (Lipinski definition) is 3. The fourth-order valence-corrected chi connectivity index (χ4v) is 4.21. The third-order valence-electron chi connectivity index (χ3n) is 3.81. The Morgan fingerprint density at radius 2 is 2.05 bits per heavy atom. The van der Waals surface area contributed by atoms with E-state index in [1.165, 1.54) is 0 Å². The lowest BCUT2D eigenvalue weighted by atomic mass is 9.92. The first-order valence-corrected chi connectivity index (χ1v) is 8.70. The van der Waals surface area contributed by atoms with E-state index in [-0.39, 0.29) is 35.9 Å². The van der Waals surface area contributed by atoms with Crippen molar-refractivity contribution in [2.75, 3.05) is 18.1 Å². The molecule has 110 valence electrons. The van der Waals surface area contributed by atoms with E-state index in [1.807, 2.05) is 0 Å². The number of nitrogens with one attached hydrogen (secondary N) is 2. The standard InChI is InChI=1S/C12H22N2O4S/c15-11-4-2-1-3-10(11)14-12(16)7-9-8-19(17,18)6-5-13-9/h9-11,13,15H,1-8H2,(H,14,16)/t9?,10-,11-/m1/s1. The second-order valence-electron chi connectivity index (χ2n) is 5.50. The van der Waals surface area contributed by atoms with Crippen LogP contribution in [0.25, 0.3) is 0 Å². The monoisotopic (exact) mass is 290 g/mol. The zero-order valence-electron chi connectivity index (χ0n) is 11.0. The van der Waals surface area contributed by atoms with Gasteiger partial charge in [-0.2, -0.15) is 0 Å². The number of carbonyl (C=O) groups excluding carboxylic acids is 1. The normalized spacial score (nSPS) is 34.7. The molecule has 19 heavy (non-hydrogen) atoms. The maximum absolute atomic E-state index is 11.9. The Labute approximate surface area is 113 Å². The van der Waals surface area contributed by atoms with E-state index in [9.17, 15) is 18.3 Å². The van der Waals surface area contributed by atoms with Crippen LogP contribution in [-0.4, -0.2) is 55.7 Å². The highest BCUT2D eigenvalue weighted by atomic mass is 32.2. The summed E-state index contributed by atoms with van der Waals surface area (Å²) in [6.45, 7) is 0.409. The second kappa shape index (κ2) is 6.19. The van der Waals surface area contributed by atoms with E-state index < -0.39 is 15.9 Å². The minimum atomic E-state index is -3.01. The molecule has 6 nitrogen and oxygen atoms in total. The quantitative estimate of drug-likeness (QED) is 0.631. The third-order valence-corrected chi connectivity index (χ3v) is 5.55. The molecule has 0 spiro atoms. The first-order valence-electron chi connectivity index (χ1n) is 6.87. The average Bonchev–Trinajstić information content (AvgIpc) is 2.30. The molecular formula is C12H22N2O4S. The Balaban J connectivity index is 1.80. The lowest BCUT2D eigenvalue weighted by Gasteiger charge is -2.29. The first kappa shape index (κ1) is 14.7. The number of aliphatic hydroxyl groups excluding tert-OH is 1. The van der Waals surface area contributed by atoms with Gasteiger partial charge in [0, 0.05) is 19.0 Å². The van der Waals surface area contributed by atoms with Crippen LogP contribution in [0.1, 0.15) is 32.1 Å². The van der Waals surface area contributed by atoms with Crippen LogP contribution in [-0.2, 0) is 14.6 Å². The molecule has 2 rings (SSSR count). The van der Waals surface area contributed by atoms with Crippen molar-refractivity contribution in [3.05, 3.63) is 0 Å². The molecule has 2 fully saturated rings. The number of rotatable bonds is 3. The van der Waals surface area contributed by atoms with Gasteiger partial charge in [-0.15, -0.1) is 0 Å². The molecule has 1 amide bonds. The summed E-state index contributed by atoms with van der Waals surface area (Å²) in [5.41, 5.74) is 0. The molecule has 3 N–H and O–H groups in total. The van der Waals surface area contributed by atoms with Gasteiger partial charge in [-0.1, -0.05) is 12.8 Å². The molecule has 0 aromatic rings. The van der Waals surface area contributed by atoms with E-state index >= 15 is 0 Å². The molecule has 0 aromatic heterocycles. The molecule has 3 atom stereocenters. The third kappa shape index (κ3) is 4.43. The van der Waals surface area contributed by atoms with Crippen molar-refractivity contribution < 1.29 is 18.3 Å². The van der Waals surface area contributed by atoms with Gasteiger partial charge in [0.2, 0.25) is 5.91 Å². The molecular weight excluding hydrogens is 268 g/mol. The summed E-state index contributed by atoms with van der Waals surface area (Å²) in [6, 6.07) is -0.485. The fourth-order valence-electron chi connectivity index (χ4n) is 2.77. The minimum Gasteiger partial charge on any atom is -0.391 e. The fraction of sp³-hybridized carbons (Fsp3) is 0.917. The summed E-state index contributed by atoms with van der Waals surface area (Å²) < 4.78 is 22.9. The summed E-state index contributed by atoms with van der Waals surface area (Å²) >= 11 is 0. The van der Waals surface area contributed by atoms with Gasteiger partial charge in [-0.25, -0.2) is 8.42 Å². The number of aliphatic hydroxyl groups is 1. The van der Waals surface area contributed by atoms with Crippen LogP contribution < -0.4 is 10.6 Å². The summed E-state index contributed by atoms with van der Waals surface area (Å²) in [5.74, 6) is -0.0133. The van der Waals surface area contributed by atoms with Crippen LogP contribution in [0.2, 0.25) is 0 Å². The number of sulfone groups is 1. The minimum absolute atomic E-state index is 0.0215. The average molecular weight is 290 g/mol. The Morgan fingerprint density at radius 1 is 1.32 bits per heavy atom. The van der Waals surface area contributed by atoms with E-state index in [4.69, 9.17) is 0 Å². The van der Waals surface area contributed by atoms with Crippen molar-refractivity contribution in [2.24, 2.45) is 0 Å². The predicted molar refractivity (Wildman–Crippen MR) is 71.5 cm³/mol. The topological polar surface area (TPSA) is 95.5 Å². The summed E-state index contributed by atoms with van der Waals surface area (Å²) in [5, 5.41) is 15.7. The van der Waals surface area contributed by atoms with Gasteiger partial charge in [0.1, 0.15) is 0 Å². The molecule has 7 heteroatoms. The lowest BCUT2D eigenvalue weighted by molar-refractivity contribution is -0.123. The Kier molecular flexibility index (Phi) is 4.81. The molecule has 1 saturated heterocycles. The number of hydrogen-bond acceptors (Lipinski definition) is 5. The maximum atomic E-state index is 11.9. The Morgan fingerprint density at radius 3 is 2.74 bits per heavy atom. The van der Waals surface area contributed by atoms with Crippen LogP contribution in [0.3, 0.4) is 0 Å². The lowest BCUT2D eigenvalue weighted by Crippen LogP contribution is -2.50. The van der Waals surface area contributed by atoms with Crippen molar-refractivity contribution in [1.29, 1.82) is 0 Å². The zero-order chi connectivity index (χ0) is 13.9. The highest BCUT2D eigenvalue weighted by Crippen LogP contribution is 2.18. The van der Waals surface area contributed by atoms with Gasteiger partial charge in [-0.3, -0.25) is 4.79 Å². The largest absolute Gasteiger partial charge is 0.391 e. The van der Waals surface area contributed by atoms with E-state index in [2.05, 4.69) is 10.6 Å².